The number of hydrogen-bond donors (Lipinski definition) is 0. The molecule has 318 valence electrons. The number of aromatic nitrogens is 4. The molecule has 0 amide bonds. The molecular formula is C63H40N4S. The summed E-state index contributed by atoms with van der Waals surface area (Å²) >= 11 is 1.65. The second-order valence-corrected chi connectivity index (χ2v) is 17.3. The number of rotatable bonds is 8. The maximum Gasteiger partial charge on any atom is 0.166 e. The van der Waals surface area contributed by atoms with Gasteiger partial charge in [0.15, 0.2) is 17.5 Å². The number of hydrogen-bond acceptors (Lipinski definition) is 4. The maximum atomic E-state index is 9.89. The fourth-order valence-electron chi connectivity index (χ4n) is 8.98. The molecule has 0 aliphatic carbocycles. The molecule has 4 nitrogen and oxygen atoms in total. The number of benzene rings is 10. The summed E-state index contributed by atoms with van der Waals surface area (Å²) in [5, 5.41) is 1.84. The molecule has 0 fully saturated rings. The van der Waals surface area contributed by atoms with Crippen LogP contribution in [0.5, 0.6) is 0 Å². The van der Waals surface area contributed by atoms with Gasteiger partial charge in [0.2, 0.25) is 0 Å². The number of thiophene rings is 1. The van der Waals surface area contributed by atoms with Crippen LogP contribution in [0, 0.1) is 0 Å². The molecule has 5 heteroatoms. The Kier molecular flexibility index (Phi) is 7.07. The fraction of sp³-hybridized carbons (Fsp3) is 0. The van der Waals surface area contributed by atoms with Gasteiger partial charge in [-0.2, -0.15) is 0 Å². The normalized spacial score (nSPS) is 14.0. The van der Waals surface area contributed by atoms with Gasteiger partial charge in [-0.3, -0.25) is 0 Å². The second kappa shape index (κ2) is 16.6. The third kappa shape index (κ3) is 6.96. The Morgan fingerprint density at radius 2 is 0.926 bits per heavy atom. The van der Waals surface area contributed by atoms with Crippen LogP contribution < -0.4 is 0 Å². The van der Waals surface area contributed by atoms with Crippen molar-refractivity contribution < 1.29 is 16.4 Å². The van der Waals surface area contributed by atoms with Crippen LogP contribution in [0.2, 0.25) is 0 Å². The molecule has 3 heterocycles. The second-order valence-electron chi connectivity index (χ2n) is 16.2. The number of nitrogens with zero attached hydrogens (tertiary/aromatic N) is 4. The van der Waals surface area contributed by atoms with Gasteiger partial charge >= 0.3 is 0 Å². The van der Waals surface area contributed by atoms with E-state index < -0.39 is 83.6 Å². The third-order valence-corrected chi connectivity index (χ3v) is 13.4. The summed E-state index contributed by atoms with van der Waals surface area (Å²) in [7, 11) is 0. The Bertz CT molecular complexity index is 4690. The lowest BCUT2D eigenvalue weighted by molar-refractivity contribution is 1.07. The summed E-state index contributed by atoms with van der Waals surface area (Å²) in [4.78, 5) is 15.7. The van der Waals surface area contributed by atoms with Gasteiger partial charge in [-0.05, 0) is 80.8 Å². The van der Waals surface area contributed by atoms with Crippen molar-refractivity contribution in [3.05, 3.63) is 242 Å². The fourth-order valence-corrected chi connectivity index (χ4v) is 10.1. The first-order valence-electron chi connectivity index (χ1n) is 27.9. The van der Waals surface area contributed by atoms with Gasteiger partial charge in [0, 0.05) is 42.1 Å². The Labute approximate surface area is 414 Å². The lowest BCUT2D eigenvalue weighted by Gasteiger charge is -2.18. The van der Waals surface area contributed by atoms with E-state index in [2.05, 4.69) is 60.7 Å². The average molecular weight is 897 g/mol. The standard InChI is InChI=1S/C63H40N4S/c1-4-15-41(16-5-1)43-27-29-44(30-28-43)45-31-33-46(34-32-45)50-23-14-25-57(67-55-24-12-10-21-51(55)54-39-48(36-38-56(54)67)42-17-6-2-7-18-42)60(50)63-65-61(47-19-8-3-9-20-47)64-62(66-63)49-35-37-53-52-22-11-13-26-58(52)68-59(53)40-49/h1-40H/i2D,6D,7D,10D,12D,17D,18D,21D,24D,36D,38D,39D. The molecule has 0 atom stereocenters. The van der Waals surface area contributed by atoms with Crippen LogP contribution in [-0.4, -0.2) is 19.5 Å². The number of para-hydroxylation sites is 1. The van der Waals surface area contributed by atoms with Crippen LogP contribution in [0.4, 0.5) is 0 Å². The molecule has 3 aromatic heterocycles. The molecule has 0 aliphatic rings. The minimum absolute atomic E-state index is 0.133. The molecule has 0 radical (unpaired) electrons. The SMILES string of the molecule is [2H]c1c([2H])c([2H])c(-c2c([2H])c([2H])c3c(c2[2H])c2c([2H])c([2H])c([2H])c([2H])c2n3-c2cccc(-c3ccc(-c4ccc(-c5ccccc5)cc4)cc3)c2-c2nc(-c3ccccc3)nc(-c3ccc4c(c3)sc3ccccc34)n2)c([2H])c1[2H]. The first-order chi connectivity index (χ1) is 38.7. The van der Waals surface area contributed by atoms with Crippen molar-refractivity contribution in [2.24, 2.45) is 0 Å². The van der Waals surface area contributed by atoms with Gasteiger partial charge in [0.25, 0.3) is 0 Å². The van der Waals surface area contributed by atoms with Gasteiger partial charge in [-0.15, -0.1) is 11.3 Å². The maximum absolute atomic E-state index is 9.89. The molecule has 13 rings (SSSR count). The van der Waals surface area contributed by atoms with Crippen molar-refractivity contribution in [3.63, 3.8) is 0 Å². The Morgan fingerprint density at radius 3 is 1.68 bits per heavy atom. The molecule has 0 unspecified atom stereocenters. The third-order valence-electron chi connectivity index (χ3n) is 12.2. The zero-order valence-electron chi connectivity index (χ0n) is 47.9. The van der Waals surface area contributed by atoms with Crippen molar-refractivity contribution in [2.75, 3.05) is 0 Å². The van der Waals surface area contributed by atoms with Crippen molar-refractivity contribution in [1.82, 2.24) is 19.5 Å². The van der Waals surface area contributed by atoms with Gasteiger partial charge in [-0.25, -0.2) is 15.0 Å². The van der Waals surface area contributed by atoms with E-state index >= 15 is 0 Å². The summed E-state index contributed by atoms with van der Waals surface area (Å²) in [5.74, 6) is 0.818. The van der Waals surface area contributed by atoms with Crippen LogP contribution in [0.3, 0.4) is 0 Å². The predicted molar refractivity (Wildman–Crippen MR) is 285 cm³/mol. The monoisotopic (exact) mass is 896 g/mol. The van der Waals surface area contributed by atoms with E-state index in [4.69, 9.17) is 24.5 Å². The van der Waals surface area contributed by atoms with E-state index in [9.17, 15) is 6.85 Å². The highest BCUT2D eigenvalue weighted by Gasteiger charge is 2.23. The number of fused-ring (bicyclic) bond motifs is 6. The van der Waals surface area contributed by atoms with Crippen LogP contribution in [0.15, 0.2) is 242 Å². The highest BCUT2D eigenvalue weighted by Crippen LogP contribution is 2.43. The van der Waals surface area contributed by atoms with Crippen molar-refractivity contribution in [1.29, 1.82) is 0 Å². The van der Waals surface area contributed by atoms with Crippen LogP contribution in [-0.2, 0) is 0 Å². The van der Waals surface area contributed by atoms with E-state index in [1.807, 2.05) is 97.1 Å². The highest BCUT2D eigenvalue weighted by molar-refractivity contribution is 7.25. The van der Waals surface area contributed by atoms with E-state index in [1.54, 1.807) is 23.5 Å². The molecule has 10 aromatic carbocycles. The van der Waals surface area contributed by atoms with Gasteiger partial charge in [0.05, 0.1) is 38.7 Å². The predicted octanol–water partition coefficient (Wildman–Crippen LogP) is 17.0. The van der Waals surface area contributed by atoms with Crippen LogP contribution >= 0.6 is 11.3 Å². The molecule has 0 saturated heterocycles. The van der Waals surface area contributed by atoms with Crippen molar-refractivity contribution >= 4 is 53.3 Å². The molecule has 0 aliphatic heterocycles. The quantitative estimate of drug-likeness (QED) is 0.153. The molecule has 13 aromatic rings. The lowest BCUT2D eigenvalue weighted by atomic mass is 9.94. The summed E-state index contributed by atoms with van der Waals surface area (Å²) in [5.41, 5.74) is 6.13. The Morgan fingerprint density at radius 1 is 0.353 bits per heavy atom. The zero-order chi connectivity index (χ0) is 55.4. The minimum atomic E-state index is -0.707. The average Bonchev–Trinajstić information content (AvgIpc) is 4.21. The molecule has 68 heavy (non-hydrogen) atoms. The van der Waals surface area contributed by atoms with Crippen molar-refractivity contribution in [2.45, 2.75) is 0 Å². The minimum Gasteiger partial charge on any atom is -0.308 e. The summed E-state index contributed by atoms with van der Waals surface area (Å²) in [6.07, 6.45) is 0. The van der Waals surface area contributed by atoms with Gasteiger partial charge < -0.3 is 4.57 Å². The van der Waals surface area contributed by atoms with Crippen LogP contribution in [0.1, 0.15) is 16.4 Å². The lowest BCUT2D eigenvalue weighted by Crippen LogP contribution is -2.05. The Hall–Kier alpha value is -8.77. The largest absolute Gasteiger partial charge is 0.308 e. The topological polar surface area (TPSA) is 43.6 Å². The Balaban J connectivity index is 1.12. The van der Waals surface area contributed by atoms with E-state index in [1.165, 1.54) is 4.57 Å². The van der Waals surface area contributed by atoms with E-state index in [0.717, 1.165) is 42.4 Å². The molecule has 0 N–H and O–H groups in total. The summed E-state index contributed by atoms with van der Waals surface area (Å²) < 4.78 is 113. The summed E-state index contributed by atoms with van der Waals surface area (Å²) in [6.45, 7) is 0. The molecule has 0 saturated carbocycles. The highest BCUT2D eigenvalue weighted by atomic mass is 32.1. The first-order valence-corrected chi connectivity index (χ1v) is 22.8. The first kappa shape index (κ1) is 29.0. The summed E-state index contributed by atoms with van der Waals surface area (Å²) in [6, 6.07) is 48.0. The molecule has 0 bridgehead atoms. The smallest absolute Gasteiger partial charge is 0.166 e. The zero-order valence-corrected chi connectivity index (χ0v) is 36.7. The van der Waals surface area contributed by atoms with Gasteiger partial charge in [0.1, 0.15) is 0 Å². The van der Waals surface area contributed by atoms with Crippen LogP contribution in [0.25, 0.3) is 126 Å². The van der Waals surface area contributed by atoms with Crippen molar-refractivity contribution in [3.8, 4) is 84.4 Å². The molecule has 0 spiro atoms. The van der Waals surface area contributed by atoms with Gasteiger partial charge in [-0.1, -0.05) is 206 Å². The van der Waals surface area contributed by atoms with E-state index in [-0.39, 0.29) is 33.3 Å². The molecular weight excluding hydrogens is 845 g/mol. The van der Waals surface area contributed by atoms with E-state index in [0.29, 0.717) is 39.5 Å².